The Hall–Kier alpha value is -1.59. The van der Waals surface area contributed by atoms with Gasteiger partial charge in [0.1, 0.15) is 5.69 Å². The van der Waals surface area contributed by atoms with E-state index < -0.39 is 13.3 Å². The van der Waals surface area contributed by atoms with E-state index in [1.807, 2.05) is 6.07 Å². The summed E-state index contributed by atoms with van der Waals surface area (Å²) < 4.78 is 19.9. The normalized spacial score (nSPS) is 13.8. The van der Waals surface area contributed by atoms with Crippen LogP contribution >= 0.6 is 34.9 Å². The SMILES string of the molecule is COP(=O)(c1cccc(Br)c1)c1c(C(N)=O)[nH]c2ccc(Cl)cc12. The lowest BCUT2D eigenvalue weighted by Crippen LogP contribution is -2.25. The Balaban J connectivity index is 2.41. The number of nitrogens with two attached hydrogens (primary N) is 1. The third kappa shape index (κ3) is 2.80. The first-order chi connectivity index (χ1) is 11.4. The molecular formula is C16H13BrClN2O3P. The fraction of sp³-hybridized carbons (Fsp3) is 0.0625. The Morgan fingerprint density at radius 3 is 2.67 bits per heavy atom. The Bertz CT molecular complexity index is 1000. The van der Waals surface area contributed by atoms with E-state index >= 15 is 0 Å². The zero-order valence-electron chi connectivity index (χ0n) is 12.5. The lowest BCUT2D eigenvalue weighted by atomic mass is 10.2. The molecule has 24 heavy (non-hydrogen) atoms. The van der Waals surface area contributed by atoms with Gasteiger partial charge in [-0.15, -0.1) is 0 Å². The Kier molecular flexibility index (Phi) is 4.58. The molecule has 1 unspecified atom stereocenters. The summed E-state index contributed by atoms with van der Waals surface area (Å²) in [5.74, 6) is -0.718. The van der Waals surface area contributed by atoms with Crippen molar-refractivity contribution in [1.82, 2.24) is 4.98 Å². The van der Waals surface area contributed by atoms with Crippen molar-refractivity contribution >= 4 is 62.3 Å². The molecule has 0 saturated carbocycles. The molecule has 1 heterocycles. The van der Waals surface area contributed by atoms with Crippen LogP contribution in [0, 0.1) is 0 Å². The molecule has 8 heteroatoms. The van der Waals surface area contributed by atoms with Gasteiger partial charge in [0, 0.05) is 32.8 Å². The van der Waals surface area contributed by atoms with E-state index in [-0.39, 0.29) is 11.0 Å². The van der Waals surface area contributed by atoms with Crippen LogP contribution in [0.2, 0.25) is 5.02 Å². The number of aromatic amines is 1. The lowest BCUT2D eigenvalue weighted by molar-refractivity contribution is 0.0997. The Labute approximate surface area is 151 Å². The minimum atomic E-state index is -3.56. The third-order valence-electron chi connectivity index (χ3n) is 3.68. The molecule has 0 aliphatic rings. The van der Waals surface area contributed by atoms with E-state index in [0.717, 1.165) is 4.47 Å². The zero-order valence-corrected chi connectivity index (χ0v) is 15.8. The van der Waals surface area contributed by atoms with E-state index in [0.29, 0.717) is 21.2 Å². The molecule has 0 spiro atoms. The topological polar surface area (TPSA) is 85.2 Å². The van der Waals surface area contributed by atoms with Crippen LogP contribution in [-0.4, -0.2) is 18.0 Å². The number of hydrogen-bond acceptors (Lipinski definition) is 3. The predicted octanol–water partition coefficient (Wildman–Crippen LogP) is 3.56. The average Bonchev–Trinajstić information content (AvgIpc) is 2.93. The van der Waals surface area contributed by atoms with Crippen LogP contribution in [-0.2, 0) is 9.09 Å². The van der Waals surface area contributed by atoms with Gasteiger partial charge in [0.15, 0.2) is 0 Å². The minimum absolute atomic E-state index is 0.0532. The molecule has 3 rings (SSSR count). The van der Waals surface area contributed by atoms with Crippen LogP contribution in [0.15, 0.2) is 46.9 Å². The Morgan fingerprint density at radius 1 is 1.29 bits per heavy atom. The zero-order chi connectivity index (χ0) is 17.5. The molecule has 0 radical (unpaired) electrons. The van der Waals surface area contributed by atoms with Gasteiger partial charge in [-0.05, 0) is 36.4 Å². The van der Waals surface area contributed by atoms with Crippen molar-refractivity contribution in [3.8, 4) is 0 Å². The summed E-state index contributed by atoms with van der Waals surface area (Å²) in [6, 6.07) is 11.9. The van der Waals surface area contributed by atoms with Crippen LogP contribution in [0.3, 0.4) is 0 Å². The van der Waals surface area contributed by atoms with Gasteiger partial charge in [-0.3, -0.25) is 9.36 Å². The number of fused-ring (bicyclic) bond motifs is 1. The summed E-state index contributed by atoms with van der Waals surface area (Å²) in [4.78, 5) is 14.8. The van der Waals surface area contributed by atoms with Crippen molar-refractivity contribution in [3.63, 3.8) is 0 Å². The van der Waals surface area contributed by atoms with E-state index in [9.17, 15) is 9.36 Å². The highest BCUT2D eigenvalue weighted by molar-refractivity contribution is 9.10. The summed E-state index contributed by atoms with van der Waals surface area (Å²) in [6.07, 6.45) is 0. The van der Waals surface area contributed by atoms with Crippen LogP contribution < -0.4 is 16.3 Å². The number of aromatic nitrogens is 1. The number of nitrogens with one attached hydrogen (secondary N) is 1. The van der Waals surface area contributed by atoms with E-state index in [1.165, 1.54) is 7.11 Å². The van der Waals surface area contributed by atoms with Gasteiger partial charge in [0.25, 0.3) is 13.3 Å². The first kappa shape index (κ1) is 17.2. The van der Waals surface area contributed by atoms with Crippen molar-refractivity contribution in [1.29, 1.82) is 0 Å². The predicted molar refractivity (Wildman–Crippen MR) is 99.9 cm³/mol. The molecule has 0 bridgehead atoms. The first-order valence-corrected chi connectivity index (χ1v) is 9.70. The molecule has 2 aromatic carbocycles. The maximum atomic E-state index is 13.7. The quantitative estimate of drug-likeness (QED) is 0.624. The molecule has 0 fully saturated rings. The molecule has 1 atom stereocenters. The molecule has 124 valence electrons. The fourth-order valence-corrected chi connectivity index (χ4v) is 5.57. The summed E-state index contributed by atoms with van der Waals surface area (Å²) in [6.45, 7) is 0. The van der Waals surface area contributed by atoms with E-state index in [2.05, 4.69) is 20.9 Å². The highest BCUT2D eigenvalue weighted by Crippen LogP contribution is 2.47. The molecule has 1 aromatic heterocycles. The summed E-state index contributed by atoms with van der Waals surface area (Å²) in [7, 11) is -2.22. The van der Waals surface area contributed by atoms with Gasteiger partial charge in [0.05, 0.1) is 5.30 Å². The monoisotopic (exact) mass is 426 g/mol. The number of rotatable bonds is 4. The highest BCUT2D eigenvalue weighted by Gasteiger charge is 2.35. The molecule has 0 aliphatic heterocycles. The second kappa shape index (κ2) is 6.37. The van der Waals surface area contributed by atoms with Gasteiger partial charge in [-0.25, -0.2) is 0 Å². The maximum absolute atomic E-state index is 13.7. The molecule has 0 aliphatic carbocycles. The highest BCUT2D eigenvalue weighted by atomic mass is 79.9. The summed E-state index contributed by atoms with van der Waals surface area (Å²) in [5.41, 5.74) is 6.15. The van der Waals surface area contributed by atoms with Crippen LogP contribution in [0.1, 0.15) is 10.5 Å². The number of hydrogen-bond donors (Lipinski definition) is 2. The molecule has 3 N–H and O–H groups in total. The molecular weight excluding hydrogens is 415 g/mol. The maximum Gasteiger partial charge on any atom is 0.266 e. The van der Waals surface area contributed by atoms with Crippen molar-refractivity contribution in [2.24, 2.45) is 5.73 Å². The molecule has 0 saturated heterocycles. The second-order valence-corrected chi connectivity index (χ2v) is 8.90. The van der Waals surface area contributed by atoms with Gasteiger partial charge in [-0.2, -0.15) is 0 Å². The van der Waals surface area contributed by atoms with Crippen LogP contribution in [0.25, 0.3) is 10.9 Å². The standard InChI is InChI=1S/C16H13BrClN2O3P/c1-23-24(22,11-4-2-3-9(17)7-11)15-12-8-10(18)5-6-13(12)20-14(15)16(19)21/h2-8,20H,1H3,(H2,19,21). The van der Waals surface area contributed by atoms with Crippen LogP contribution in [0.5, 0.6) is 0 Å². The van der Waals surface area contributed by atoms with Crippen molar-refractivity contribution in [3.05, 3.63) is 57.7 Å². The second-order valence-electron chi connectivity index (χ2n) is 5.12. The largest absolute Gasteiger partial charge is 0.364 e. The average molecular weight is 428 g/mol. The number of amides is 1. The first-order valence-electron chi connectivity index (χ1n) is 6.90. The number of carbonyl (C=O) groups is 1. The fourth-order valence-electron chi connectivity index (χ4n) is 2.62. The summed E-state index contributed by atoms with van der Waals surface area (Å²) in [5, 5.41) is 1.67. The molecule has 1 amide bonds. The smallest absolute Gasteiger partial charge is 0.266 e. The number of carbonyl (C=O) groups excluding carboxylic acids is 1. The van der Waals surface area contributed by atoms with Gasteiger partial charge < -0.3 is 15.2 Å². The van der Waals surface area contributed by atoms with E-state index in [4.69, 9.17) is 21.9 Å². The van der Waals surface area contributed by atoms with Crippen molar-refractivity contribution in [2.45, 2.75) is 0 Å². The Morgan fingerprint density at radius 2 is 2.04 bits per heavy atom. The van der Waals surface area contributed by atoms with Crippen molar-refractivity contribution < 1.29 is 13.9 Å². The van der Waals surface area contributed by atoms with Gasteiger partial charge in [-0.1, -0.05) is 33.6 Å². The van der Waals surface area contributed by atoms with Crippen molar-refractivity contribution in [2.75, 3.05) is 7.11 Å². The number of primary amides is 1. The minimum Gasteiger partial charge on any atom is -0.364 e. The number of halogens is 2. The van der Waals surface area contributed by atoms with Gasteiger partial charge >= 0.3 is 0 Å². The van der Waals surface area contributed by atoms with Gasteiger partial charge in [0.2, 0.25) is 0 Å². The number of benzene rings is 2. The third-order valence-corrected chi connectivity index (χ3v) is 6.93. The molecule has 3 aromatic rings. The lowest BCUT2D eigenvalue weighted by Gasteiger charge is -2.17. The number of H-pyrrole nitrogens is 1. The van der Waals surface area contributed by atoms with E-state index in [1.54, 1.807) is 36.4 Å². The molecule has 5 nitrogen and oxygen atoms in total. The van der Waals surface area contributed by atoms with Crippen LogP contribution in [0.4, 0.5) is 0 Å². The summed E-state index contributed by atoms with van der Waals surface area (Å²) >= 11 is 9.43.